The van der Waals surface area contributed by atoms with E-state index in [0.717, 1.165) is 24.5 Å². The molecule has 1 aliphatic heterocycles. The Hall–Kier alpha value is -1.48. The molecule has 0 spiro atoms. The van der Waals surface area contributed by atoms with Crippen molar-refractivity contribution in [1.29, 1.82) is 0 Å². The maximum absolute atomic E-state index is 5.77. The summed E-state index contributed by atoms with van der Waals surface area (Å²) >= 11 is 3.84. The van der Waals surface area contributed by atoms with Gasteiger partial charge in [0, 0.05) is 12.0 Å². The lowest BCUT2D eigenvalue weighted by Crippen LogP contribution is -2.01. The Morgan fingerprint density at radius 3 is 2.90 bits per heavy atom. The van der Waals surface area contributed by atoms with E-state index in [1.165, 1.54) is 22.3 Å². The van der Waals surface area contributed by atoms with Crippen molar-refractivity contribution in [2.45, 2.75) is 25.1 Å². The zero-order chi connectivity index (χ0) is 14.8. The van der Waals surface area contributed by atoms with Crippen LogP contribution in [0.25, 0.3) is 0 Å². The molecule has 0 aromatic heterocycles. The average Bonchev–Trinajstić information content (AvgIpc) is 2.96. The summed E-state index contributed by atoms with van der Waals surface area (Å²) < 4.78 is 11.4. The van der Waals surface area contributed by atoms with Crippen molar-refractivity contribution in [2.24, 2.45) is 0 Å². The highest BCUT2D eigenvalue weighted by atomic mass is 79.9. The van der Waals surface area contributed by atoms with Gasteiger partial charge in [-0.05, 0) is 37.1 Å². The van der Waals surface area contributed by atoms with E-state index >= 15 is 0 Å². The lowest BCUT2D eigenvalue weighted by atomic mass is 9.99. The third-order valence-electron chi connectivity index (χ3n) is 3.74. The van der Waals surface area contributed by atoms with Crippen LogP contribution < -0.4 is 9.47 Å². The van der Waals surface area contributed by atoms with Gasteiger partial charge in [-0.1, -0.05) is 45.8 Å². The molecule has 0 radical (unpaired) electrons. The summed E-state index contributed by atoms with van der Waals surface area (Å²) in [6.45, 7) is 5.59. The van der Waals surface area contributed by atoms with Crippen LogP contribution >= 0.6 is 15.9 Å². The van der Waals surface area contributed by atoms with Gasteiger partial charge in [0.1, 0.15) is 11.5 Å². The maximum Gasteiger partial charge on any atom is 0.123 e. The maximum atomic E-state index is 5.77. The minimum atomic E-state index is 0.129. The Kier molecular flexibility index (Phi) is 4.20. The summed E-state index contributed by atoms with van der Waals surface area (Å²) in [6.07, 6.45) is 0.995. The van der Waals surface area contributed by atoms with Crippen molar-refractivity contribution in [2.75, 3.05) is 13.2 Å². The zero-order valence-corrected chi connectivity index (χ0v) is 13.9. The number of alkyl halides is 1. The van der Waals surface area contributed by atoms with E-state index in [0.29, 0.717) is 6.61 Å². The second-order valence-electron chi connectivity index (χ2n) is 5.30. The molecule has 1 unspecified atom stereocenters. The van der Waals surface area contributed by atoms with Gasteiger partial charge >= 0.3 is 0 Å². The van der Waals surface area contributed by atoms with Crippen LogP contribution in [0.15, 0.2) is 36.4 Å². The molecule has 0 N–H and O–H groups in total. The molecule has 3 rings (SSSR count). The predicted octanol–water partition coefficient (Wildman–Crippen LogP) is 4.81. The number of ether oxygens (including phenoxy) is 2. The van der Waals surface area contributed by atoms with E-state index in [9.17, 15) is 0 Å². The fraction of sp³-hybridized carbons (Fsp3) is 0.333. The summed E-state index contributed by atoms with van der Waals surface area (Å²) in [5.41, 5.74) is 4.95. The summed E-state index contributed by atoms with van der Waals surface area (Å²) in [5.74, 6) is 1.97. The molecule has 2 aromatic carbocycles. The fourth-order valence-corrected chi connectivity index (χ4v) is 3.34. The molecule has 0 fully saturated rings. The van der Waals surface area contributed by atoms with Crippen LogP contribution in [-0.2, 0) is 6.42 Å². The minimum Gasteiger partial charge on any atom is -0.494 e. The molecule has 1 aliphatic rings. The Labute approximate surface area is 134 Å². The van der Waals surface area contributed by atoms with E-state index in [1.807, 2.05) is 6.92 Å². The summed E-state index contributed by atoms with van der Waals surface area (Å²) in [5, 5.41) is 0. The van der Waals surface area contributed by atoms with Gasteiger partial charge in [0.25, 0.3) is 0 Å². The molecule has 3 heteroatoms. The minimum absolute atomic E-state index is 0.129. The molecule has 0 amide bonds. The summed E-state index contributed by atoms with van der Waals surface area (Å²) in [6, 6.07) is 12.8. The van der Waals surface area contributed by atoms with Gasteiger partial charge in [0.2, 0.25) is 0 Å². The first-order valence-corrected chi connectivity index (χ1v) is 8.23. The third kappa shape index (κ3) is 2.93. The lowest BCUT2D eigenvalue weighted by molar-refractivity contribution is 0.337. The van der Waals surface area contributed by atoms with E-state index in [2.05, 4.69) is 59.3 Å². The van der Waals surface area contributed by atoms with Crippen molar-refractivity contribution in [3.8, 4) is 11.5 Å². The topological polar surface area (TPSA) is 18.5 Å². The molecule has 1 atom stereocenters. The molecule has 0 saturated heterocycles. The Morgan fingerprint density at radius 2 is 2.10 bits per heavy atom. The number of fused-ring (bicyclic) bond motifs is 1. The van der Waals surface area contributed by atoms with Crippen molar-refractivity contribution in [3.63, 3.8) is 0 Å². The molecule has 0 saturated carbocycles. The standard InChI is InChI=1S/C18H19BrO2/c1-3-20-17-6-4-12(2)10-15(17)18(19)14-5-7-16-13(11-14)8-9-21-16/h4-7,10-11,18H,3,8-9H2,1-2H3. The summed E-state index contributed by atoms with van der Waals surface area (Å²) in [7, 11) is 0. The first-order chi connectivity index (χ1) is 10.2. The largest absolute Gasteiger partial charge is 0.494 e. The van der Waals surface area contributed by atoms with E-state index in [-0.39, 0.29) is 4.83 Å². The van der Waals surface area contributed by atoms with Gasteiger partial charge in [0.15, 0.2) is 0 Å². The molecular weight excluding hydrogens is 328 g/mol. The molecule has 0 aliphatic carbocycles. The molecule has 110 valence electrons. The highest BCUT2D eigenvalue weighted by molar-refractivity contribution is 9.09. The average molecular weight is 347 g/mol. The monoisotopic (exact) mass is 346 g/mol. The van der Waals surface area contributed by atoms with E-state index < -0.39 is 0 Å². The van der Waals surface area contributed by atoms with Crippen LogP contribution in [0.1, 0.15) is 34.0 Å². The number of benzene rings is 2. The van der Waals surface area contributed by atoms with Crippen LogP contribution in [0.3, 0.4) is 0 Å². The van der Waals surface area contributed by atoms with Gasteiger partial charge in [0.05, 0.1) is 18.0 Å². The van der Waals surface area contributed by atoms with Crippen LogP contribution in [0.5, 0.6) is 11.5 Å². The Morgan fingerprint density at radius 1 is 1.24 bits per heavy atom. The lowest BCUT2D eigenvalue weighted by Gasteiger charge is -2.17. The number of aryl methyl sites for hydroxylation is 1. The fourth-order valence-electron chi connectivity index (χ4n) is 2.70. The second-order valence-corrected chi connectivity index (χ2v) is 6.22. The van der Waals surface area contributed by atoms with E-state index in [1.54, 1.807) is 0 Å². The van der Waals surface area contributed by atoms with Gasteiger partial charge in [-0.25, -0.2) is 0 Å². The van der Waals surface area contributed by atoms with Gasteiger partial charge in [-0.3, -0.25) is 0 Å². The second kappa shape index (κ2) is 6.10. The Bertz CT molecular complexity index is 652. The SMILES string of the molecule is CCOc1ccc(C)cc1C(Br)c1ccc2c(c1)CCO2. The van der Waals surface area contributed by atoms with Crippen molar-refractivity contribution >= 4 is 15.9 Å². The van der Waals surface area contributed by atoms with Gasteiger partial charge in [-0.15, -0.1) is 0 Å². The number of hydrogen-bond donors (Lipinski definition) is 0. The summed E-state index contributed by atoms with van der Waals surface area (Å²) in [4.78, 5) is 0.129. The first kappa shape index (κ1) is 14.5. The normalized spacial score (nSPS) is 14.4. The van der Waals surface area contributed by atoms with Crippen LogP contribution in [0.2, 0.25) is 0 Å². The molecular formula is C18H19BrO2. The highest BCUT2D eigenvalue weighted by Crippen LogP contribution is 2.39. The molecule has 2 nitrogen and oxygen atoms in total. The van der Waals surface area contributed by atoms with Crippen molar-refractivity contribution in [3.05, 3.63) is 58.7 Å². The van der Waals surface area contributed by atoms with Gasteiger partial charge < -0.3 is 9.47 Å². The van der Waals surface area contributed by atoms with Crippen molar-refractivity contribution < 1.29 is 9.47 Å². The number of rotatable bonds is 4. The quantitative estimate of drug-likeness (QED) is 0.739. The van der Waals surface area contributed by atoms with E-state index in [4.69, 9.17) is 9.47 Å². The molecule has 2 aromatic rings. The van der Waals surface area contributed by atoms with Crippen LogP contribution in [-0.4, -0.2) is 13.2 Å². The van der Waals surface area contributed by atoms with Crippen molar-refractivity contribution in [1.82, 2.24) is 0 Å². The van der Waals surface area contributed by atoms with Gasteiger partial charge in [-0.2, -0.15) is 0 Å². The third-order valence-corrected chi connectivity index (χ3v) is 4.77. The molecule has 0 bridgehead atoms. The number of halogens is 1. The number of hydrogen-bond acceptors (Lipinski definition) is 2. The highest BCUT2D eigenvalue weighted by Gasteiger charge is 2.19. The Balaban J connectivity index is 1.97. The van der Waals surface area contributed by atoms with Crippen LogP contribution in [0.4, 0.5) is 0 Å². The smallest absolute Gasteiger partial charge is 0.123 e. The van der Waals surface area contributed by atoms with Crippen LogP contribution in [0, 0.1) is 6.92 Å². The molecule has 21 heavy (non-hydrogen) atoms. The zero-order valence-electron chi connectivity index (χ0n) is 12.4. The first-order valence-electron chi connectivity index (χ1n) is 7.32. The predicted molar refractivity (Wildman–Crippen MR) is 88.8 cm³/mol. The molecule has 1 heterocycles.